The monoisotopic (exact) mass is 257 g/mol. The maximum atomic E-state index is 12.2. The molecule has 0 unspecified atom stereocenters. The predicted molar refractivity (Wildman–Crippen MR) is 70.3 cm³/mol. The molecule has 96 valence electrons. The van der Waals surface area contributed by atoms with E-state index in [1.807, 2.05) is 18.2 Å². The number of benzene rings is 1. The Labute approximate surface area is 108 Å². The first-order valence-electron chi connectivity index (χ1n) is 5.72. The van der Waals surface area contributed by atoms with Crippen LogP contribution in [-0.2, 0) is 11.8 Å². The molecule has 2 aromatic heterocycles. The summed E-state index contributed by atoms with van der Waals surface area (Å²) in [5.41, 5.74) is 0.986. The van der Waals surface area contributed by atoms with Gasteiger partial charge < -0.3 is 13.7 Å². The quantitative estimate of drug-likeness (QED) is 0.626. The minimum absolute atomic E-state index is 0.0310. The molecule has 0 fully saturated rings. The molecule has 5 heteroatoms. The summed E-state index contributed by atoms with van der Waals surface area (Å²) in [5.74, 6) is -0.664. The Balaban J connectivity index is 2.51. The van der Waals surface area contributed by atoms with Gasteiger partial charge in [-0.05, 0) is 12.1 Å². The minimum atomic E-state index is -0.664. The van der Waals surface area contributed by atoms with Crippen LogP contribution in [0.15, 0.2) is 39.7 Å². The van der Waals surface area contributed by atoms with E-state index in [9.17, 15) is 9.59 Å². The van der Waals surface area contributed by atoms with Crippen molar-refractivity contribution in [1.29, 1.82) is 0 Å². The minimum Gasteiger partial charge on any atom is -0.465 e. The highest BCUT2D eigenvalue weighted by molar-refractivity contribution is 6.04. The fourth-order valence-corrected chi connectivity index (χ4v) is 2.23. The standard InChI is InChI=1S/C14H11NO4/c1-15-7-9(14(17)18-2)12(16)13-11(15)8-5-3-4-6-10(8)19-13/h3-7H,1-2H3. The van der Waals surface area contributed by atoms with Gasteiger partial charge in [0.2, 0.25) is 5.43 Å². The first-order valence-corrected chi connectivity index (χ1v) is 5.72. The van der Waals surface area contributed by atoms with Gasteiger partial charge in [0.25, 0.3) is 0 Å². The number of carbonyl (C=O) groups is 1. The summed E-state index contributed by atoms with van der Waals surface area (Å²) in [7, 11) is 3.00. The van der Waals surface area contributed by atoms with E-state index in [-0.39, 0.29) is 11.1 Å². The van der Waals surface area contributed by atoms with Gasteiger partial charge in [-0.3, -0.25) is 4.79 Å². The normalized spacial score (nSPS) is 11.1. The Kier molecular flexibility index (Phi) is 2.41. The van der Waals surface area contributed by atoms with Crippen LogP contribution < -0.4 is 5.43 Å². The lowest BCUT2D eigenvalue weighted by atomic mass is 10.2. The molecule has 2 heterocycles. The number of hydrogen-bond acceptors (Lipinski definition) is 4. The fraction of sp³-hybridized carbons (Fsp3) is 0.143. The van der Waals surface area contributed by atoms with Gasteiger partial charge in [-0.15, -0.1) is 0 Å². The number of aromatic nitrogens is 1. The van der Waals surface area contributed by atoms with Gasteiger partial charge in [0.1, 0.15) is 11.1 Å². The molecule has 19 heavy (non-hydrogen) atoms. The Morgan fingerprint density at radius 3 is 2.79 bits per heavy atom. The summed E-state index contributed by atoms with van der Waals surface area (Å²) in [5, 5.41) is 0.841. The zero-order valence-electron chi connectivity index (χ0n) is 10.5. The number of aryl methyl sites for hydroxylation is 1. The van der Waals surface area contributed by atoms with E-state index in [4.69, 9.17) is 4.42 Å². The number of ether oxygens (including phenoxy) is 1. The van der Waals surface area contributed by atoms with Crippen LogP contribution in [0.2, 0.25) is 0 Å². The molecule has 0 aliphatic carbocycles. The van der Waals surface area contributed by atoms with E-state index in [1.165, 1.54) is 13.3 Å². The highest BCUT2D eigenvalue weighted by atomic mass is 16.5. The molecule has 0 bridgehead atoms. The van der Waals surface area contributed by atoms with Crippen LogP contribution in [0.1, 0.15) is 10.4 Å². The smallest absolute Gasteiger partial charge is 0.343 e. The van der Waals surface area contributed by atoms with Crippen molar-refractivity contribution in [2.45, 2.75) is 0 Å². The lowest BCUT2D eigenvalue weighted by molar-refractivity contribution is 0.0598. The summed E-state index contributed by atoms with van der Waals surface area (Å²) < 4.78 is 11.9. The summed E-state index contributed by atoms with van der Waals surface area (Å²) in [6.45, 7) is 0. The third kappa shape index (κ3) is 1.55. The van der Waals surface area contributed by atoms with Gasteiger partial charge in [-0.1, -0.05) is 12.1 Å². The van der Waals surface area contributed by atoms with Crippen molar-refractivity contribution in [3.63, 3.8) is 0 Å². The Morgan fingerprint density at radius 2 is 2.05 bits per heavy atom. The van der Waals surface area contributed by atoms with Gasteiger partial charge in [0.05, 0.1) is 12.6 Å². The highest BCUT2D eigenvalue weighted by Gasteiger charge is 2.19. The molecule has 0 saturated carbocycles. The van der Waals surface area contributed by atoms with Gasteiger partial charge in [0, 0.05) is 18.6 Å². The molecule has 3 rings (SSSR count). The third-order valence-electron chi connectivity index (χ3n) is 3.10. The molecule has 3 aromatic rings. The first kappa shape index (κ1) is 11.5. The molecule has 0 radical (unpaired) electrons. The second-order valence-corrected chi connectivity index (χ2v) is 4.25. The molecule has 5 nitrogen and oxygen atoms in total. The van der Waals surface area contributed by atoms with Crippen molar-refractivity contribution in [1.82, 2.24) is 4.57 Å². The van der Waals surface area contributed by atoms with Crippen LogP contribution in [0.4, 0.5) is 0 Å². The summed E-state index contributed by atoms with van der Waals surface area (Å²) in [6, 6.07) is 7.36. The number of carbonyl (C=O) groups excluding carboxylic acids is 1. The lowest BCUT2D eigenvalue weighted by Crippen LogP contribution is -2.18. The van der Waals surface area contributed by atoms with Crippen LogP contribution in [0.5, 0.6) is 0 Å². The molecule has 0 saturated heterocycles. The zero-order valence-corrected chi connectivity index (χ0v) is 10.5. The zero-order chi connectivity index (χ0) is 13.6. The van der Waals surface area contributed by atoms with Crippen LogP contribution in [-0.4, -0.2) is 17.6 Å². The summed E-state index contributed by atoms with van der Waals surface area (Å²) in [6.07, 6.45) is 1.47. The van der Waals surface area contributed by atoms with Crippen molar-refractivity contribution in [2.24, 2.45) is 7.05 Å². The number of para-hydroxylation sites is 1. The molecule has 0 amide bonds. The van der Waals surface area contributed by atoms with E-state index in [2.05, 4.69) is 4.74 Å². The fourth-order valence-electron chi connectivity index (χ4n) is 2.23. The van der Waals surface area contributed by atoms with Crippen LogP contribution in [0.3, 0.4) is 0 Å². The van der Waals surface area contributed by atoms with Crippen molar-refractivity contribution in [2.75, 3.05) is 7.11 Å². The number of esters is 1. The van der Waals surface area contributed by atoms with E-state index < -0.39 is 11.4 Å². The largest absolute Gasteiger partial charge is 0.465 e. The number of hydrogen-bond donors (Lipinski definition) is 0. The van der Waals surface area contributed by atoms with Crippen LogP contribution in [0, 0.1) is 0 Å². The van der Waals surface area contributed by atoms with E-state index >= 15 is 0 Å². The van der Waals surface area contributed by atoms with Crippen molar-refractivity contribution >= 4 is 28.0 Å². The van der Waals surface area contributed by atoms with Crippen LogP contribution >= 0.6 is 0 Å². The Hall–Kier alpha value is -2.56. The van der Waals surface area contributed by atoms with Gasteiger partial charge in [0.15, 0.2) is 5.58 Å². The average Bonchev–Trinajstić information content (AvgIpc) is 2.82. The Bertz CT molecular complexity index is 857. The third-order valence-corrected chi connectivity index (χ3v) is 3.10. The van der Waals surface area contributed by atoms with E-state index in [0.717, 1.165) is 5.39 Å². The van der Waals surface area contributed by atoms with Crippen molar-refractivity contribution in [3.05, 3.63) is 46.2 Å². The molecule has 0 spiro atoms. The highest BCUT2D eigenvalue weighted by Crippen LogP contribution is 2.26. The summed E-state index contributed by atoms with van der Waals surface area (Å²) in [4.78, 5) is 23.8. The predicted octanol–water partition coefficient (Wildman–Crippen LogP) is 2.07. The molecule has 0 atom stereocenters. The van der Waals surface area contributed by atoms with Gasteiger partial charge in [-0.2, -0.15) is 0 Å². The molecule has 0 aliphatic heterocycles. The first-order chi connectivity index (χ1) is 9.13. The van der Waals surface area contributed by atoms with E-state index in [1.54, 1.807) is 17.7 Å². The maximum absolute atomic E-state index is 12.2. The molecule has 0 N–H and O–H groups in total. The topological polar surface area (TPSA) is 61.4 Å². The molecular weight excluding hydrogens is 246 g/mol. The number of furan rings is 1. The van der Waals surface area contributed by atoms with Crippen LogP contribution in [0.25, 0.3) is 22.1 Å². The maximum Gasteiger partial charge on any atom is 0.343 e. The SMILES string of the molecule is COC(=O)c1cn(C)c2c(oc3ccccc32)c1=O. The second-order valence-electron chi connectivity index (χ2n) is 4.25. The number of rotatable bonds is 1. The lowest BCUT2D eigenvalue weighted by Gasteiger charge is -2.03. The number of fused-ring (bicyclic) bond motifs is 3. The summed E-state index contributed by atoms with van der Waals surface area (Å²) >= 11 is 0. The Morgan fingerprint density at radius 1 is 1.32 bits per heavy atom. The van der Waals surface area contributed by atoms with Crippen molar-refractivity contribution in [3.8, 4) is 0 Å². The molecule has 1 aromatic carbocycles. The van der Waals surface area contributed by atoms with Gasteiger partial charge >= 0.3 is 5.97 Å². The average molecular weight is 257 g/mol. The number of methoxy groups -OCH3 is 1. The molecule has 0 aliphatic rings. The molecular formula is C14H11NO4. The van der Waals surface area contributed by atoms with Crippen molar-refractivity contribution < 1.29 is 13.9 Å². The van der Waals surface area contributed by atoms with E-state index in [0.29, 0.717) is 11.1 Å². The number of pyridine rings is 1. The van der Waals surface area contributed by atoms with Gasteiger partial charge in [-0.25, -0.2) is 4.79 Å². The number of nitrogens with zero attached hydrogens (tertiary/aromatic N) is 1. The second kappa shape index (κ2) is 3.98.